The molecule has 3 aromatic carbocycles. The molecule has 2 N–H and O–H groups in total. The maximum atomic E-state index is 14.9. The lowest BCUT2D eigenvalue weighted by Crippen LogP contribution is -2.26. The highest BCUT2D eigenvalue weighted by molar-refractivity contribution is 6.35. The number of benzene rings is 3. The first-order valence-electron chi connectivity index (χ1n) is 15.9. The van der Waals surface area contributed by atoms with Gasteiger partial charge in [0.2, 0.25) is 0 Å². The topological polar surface area (TPSA) is 90.5 Å². The van der Waals surface area contributed by atoms with Gasteiger partial charge < -0.3 is 24.5 Å². The molecule has 0 aliphatic carbocycles. The number of alkyl halides is 2. The van der Waals surface area contributed by atoms with Crippen molar-refractivity contribution in [1.82, 2.24) is 19.7 Å². The van der Waals surface area contributed by atoms with Gasteiger partial charge in [-0.2, -0.15) is 5.10 Å². The molecule has 0 saturated heterocycles. The molecule has 8 nitrogen and oxygen atoms in total. The normalized spacial score (nSPS) is 14.3. The number of rotatable bonds is 8. The monoisotopic (exact) mass is 666 g/mol. The van der Waals surface area contributed by atoms with Crippen LogP contribution in [-0.4, -0.2) is 57.6 Å². The van der Waals surface area contributed by atoms with E-state index < -0.39 is 24.9 Å². The van der Waals surface area contributed by atoms with E-state index in [-0.39, 0.29) is 18.8 Å². The van der Waals surface area contributed by atoms with Crippen molar-refractivity contribution < 1.29 is 28.2 Å². The second-order valence-corrected chi connectivity index (χ2v) is 12.0. The first kappa shape index (κ1) is 34.3. The van der Waals surface area contributed by atoms with Gasteiger partial charge in [-0.3, -0.25) is 4.68 Å². The maximum absolute atomic E-state index is 14.9. The molecule has 47 heavy (non-hydrogen) atoms. The van der Waals surface area contributed by atoms with Crippen LogP contribution >= 0.6 is 11.6 Å². The van der Waals surface area contributed by atoms with Crippen molar-refractivity contribution >= 4 is 39.2 Å². The number of fused-ring (bicyclic) bond motifs is 3. The third-order valence-corrected chi connectivity index (χ3v) is 8.78. The van der Waals surface area contributed by atoms with Crippen molar-refractivity contribution in [3.05, 3.63) is 82.3 Å². The number of carbonyl (C=O) groups is 1. The number of hydrogen-bond acceptors (Lipinski definition) is 5. The minimum Gasteiger partial charge on any atom is -0.493 e. The predicted octanol–water partition coefficient (Wildman–Crippen LogP) is 8.04. The summed E-state index contributed by atoms with van der Waals surface area (Å²) in [5.41, 5.74) is 3.54. The van der Waals surface area contributed by atoms with Gasteiger partial charge in [0.25, 0.3) is 5.92 Å². The fourth-order valence-corrected chi connectivity index (χ4v) is 6.45. The van der Waals surface area contributed by atoms with E-state index in [1.165, 1.54) is 4.57 Å². The summed E-state index contributed by atoms with van der Waals surface area (Å²) in [5.74, 6) is -3.59. The molecule has 5 aromatic rings. The van der Waals surface area contributed by atoms with Crippen molar-refractivity contribution in [3.63, 3.8) is 0 Å². The Morgan fingerprint density at radius 1 is 1.09 bits per heavy atom. The van der Waals surface area contributed by atoms with Crippen LogP contribution in [0.25, 0.3) is 32.8 Å². The van der Waals surface area contributed by atoms with Crippen LogP contribution in [0.1, 0.15) is 54.1 Å². The highest BCUT2D eigenvalue weighted by Gasteiger charge is 2.34. The standard InChI is InChI=1S/C32H30ClF2N3O4.C4H11N/c1-19-27-25(36-37(19)2)17-41-18-32(34,35)14-15-38-29-23(12-13-24(33)28(27)29)22(30(38)31(39)40)10-6-16-42-26-11-5-8-20-7-3-4-9-21(20)26;1-3-5-4-2/h3-5,7-9,11-13H,6,10,14-18H2,1-2H3,(H,39,40);5H,3-4H2,1-2H3. The number of nitrogens with one attached hydrogen (secondary N) is 1. The van der Waals surface area contributed by atoms with Crippen LogP contribution in [-0.2, 0) is 31.4 Å². The summed E-state index contributed by atoms with van der Waals surface area (Å²) in [6.07, 6.45) is 0.300. The second-order valence-electron chi connectivity index (χ2n) is 11.6. The van der Waals surface area contributed by atoms with Crippen LogP contribution in [0.4, 0.5) is 8.78 Å². The van der Waals surface area contributed by atoms with E-state index in [1.807, 2.05) is 49.4 Å². The molecule has 0 amide bonds. The maximum Gasteiger partial charge on any atom is 0.352 e. The Hall–Kier alpha value is -3.99. The van der Waals surface area contributed by atoms with E-state index in [0.29, 0.717) is 57.8 Å². The molecule has 0 saturated carbocycles. The number of carboxylic acid groups (broad SMARTS) is 1. The fraction of sp³-hybridized carbons (Fsp3) is 0.389. The van der Waals surface area contributed by atoms with Crippen LogP contribution in [0.15, 0.2) is 54.6 Å². The van der Waals surface area contributed by atoms with E-state index >= 15 is 0 Å². The average molecular weight is 667 g/mol. The predicted molar refractivity (Wildman–Crippen MR) is 182 cm³/mol. The summed E-state index contributed by atoms with van der Waals surface area (Å²) in [6.45, 7) is 7.47. The third-order valence-electron chi connectivity index (χ3n) is 8.47. The Balaban J connectivity index is 0.000000807. The molecule has 6 rings (SSSR count). The Morgan fingerprint density at radius 2 is 1.83 bits per heavy atom. The van der Waals surface area contributed by atoms with Crippen molar-refractivity contribution in [2.24, 2.45) is 7.05 Å². The zero-order valence-corrected chi connectivity index (χ0v) is 28.0. The Bertz CT molecular complexity index is 1880. The number of hydrogen-bond donors (Lipinski definition) is 2. The highest BCUT2D eigenvalue weighted by atomic mass is 35.5. The lowest BCUT2D eigenvalue weighted by molar-refractivity contribution is -0.0890. The largest absolute Gasteiger partial charge is 0.493 e. The van der Waals surface area contributed by atoms with Crippen molar-refractivity contribution in [1.29, 1.82) is 0 Å². The average Bonchev–Trinajstić information content (AvgIpc) is 3.50. The van der Waals surface area contributed by atoms with Crippen LogP contribution < -0.4 is 10.1 Å². The molecule has 2 aromatic heterocycles. The molecule has 0 unspecified atom stereocenters. The summed E-state index contributed by atoms with van der Waals surface area (Å²) < 4.78 is 44.5. The number of nitrogens with zero attached hydrogens (tertiary/aromatic N) is 3. The number of ether oxygens (including phenoxy) is 2. The van der Waals surface area contributed by atoms with Crippen LogP contribution in [0.2, 0.25) is 5.02 Å². The highest BCUT2D eigenvalue weighted by Crippen LogP contribution is 2.43. The summed E-state index contributed by atoms with van der Waals surface area (Å²) in [4.78, 5) is 12.8. The molecule has 11 heteroatoms. The van der Waals surface area contributed by atoms with Crippen molar-refractivity contribution in [2.75, 3.05) is 26.3 Å². The van der Waals surface area contributed by atoms with E-state index in [9.17, 15) is 18.7 Å². The van der Waals surface area contributed by atoms with E-state index in [0.717, 1.165) is 35.3 Å². The first-order valence-corrected chi connectivity index (χ1v) is 16.3. The third kappa shape index (κ3) is 7.30. The Morgan fingerprint density at radius 3 is 2.55 bits per heavy atom. The smallest absolute Gasteiger partial charge is 0.352 e. The SMILES string of the molecule is CCNCC.Cc1c2c(nn1C)COCC(F)(F)CCn1c(C(=O)O)c(CCCOc3cccc4ccccc34)c3ccc(Cl)c-2c31. The molecule has 3 heterocycles. The van der Waals surface area contributed by atoms with Crippen molar-refractivity contribution in [3.8, 4) is 16.9 Å². The molecular formula is C36H41ClF2N4O4. The van der Waals surface area contributed by atoms with Gasteiger partial charge in [-0.05, 0) is 55.9 Å². The minimum atomic E-state index is -3.16. The number of halogens is 3. The van der Waals surface area contributed by atoms with E-state index in [1.54, 1.807) is 23.9 Å². The van der Waals surface area contributed by atoms with Crippen LogP contribution in [0.5, 0.6) is 5.75 Å². The zero-order valence-electron chi connectivity index (χ0n) is 27.2. The van der Waals surface area contributed by atoms with E-state index in [2.05, 4.69) is 24.3 Å². The molecule has 0 bridgehead atoms. The molecule has 250 valence electrons. The zero-order chi connectivity index (χ0) is 33.7. The molecule has 0 spiro atoms. The van der Waals surface area contributed by atoms with Crippen LogP contribution in [0.3, 0.4) is 0 Å². The first-order chi connectivity index (χ1) is 22.6. The second kappa shape index (κ2) is 14.8. The number of aromatic nitrogens is 3. The van der Waals surface area contributed by atoms with Gasteiger partial charge in [-0.1, -0.05) is 67.9 Å². The van der Waals surface area contributed by atoms with Gasteiger partial charge in [-0.25, -0.2) is 13.6 Å². The van der Waals surface area contributed by atoms with Gasteiger partial charge in [0.1, 0.15) is 18.1 Å². The molecular weight excluding hydrogens is 626 g/mol. The molecule has 0 atom stereocenters. The van der Waals surface area contributed by atoms with Gasteiger partial charge in [0.15, 0.2) is 0 Å². The fourth-order valence-electron chi connectivity index (χ4n) is 6.20. The quantitative estimate of drug-likeness (QED) is 0.163. The molecule has 1 aliphatic heterocycles. The number of aromatic carboxylic acids is 1. The molecule has 1 aliphatic rings. The van der Waals surface area contributed by atoms with Gasteiger partial charge in [0.05, 0.1) is 29.4 Å². The summed E-state index contributed by atoms with van der Waals surface area (Å²) in [5, 5.41) is 21.2. The van der Waals surface area contributed by atoms with E-state index in [4.69, 9.17) is 21.1 Å². The number of aryl methyl sites for hydroxylation is 3. The lowest BCUT2D eigenvalue weighted by atomic mass is 9.98. The Kier molecular flexibility index (Phi) is 10.8. The molecule has 0 fully saturated rings. The molecule has 0 radical (unpaired) electrons. The number of carboxylic acids is 1. The van der Waals surface area contributed by atoms with Crippen LogP contribution in [0, 0.1) is 6.92 Å². The van der Waals surface area contributed by atoms with Gasteiger partial charge in [0, 0.05) is 47.6 Å². The van der Waals surface area contributed by atoms with Crippen molar-refractivity contribution in [2.45, 2.75) is 59.1 Å². The lowest BCUT2D eigenvalue weighted by Gasteiger charge is -2.18. The van der Waals surface area contributed by atoms with Gasteiger partial charge >= 0.3 is 5.97 Å². The summed E-state index contributed by atoms with van der Waals surface area (Å²) >= 11 is 6.81. The summed E-state index contributed by atoms with van der Waals surface area (Å²) in [7, 11) is 1.76. The van der Waals surface area contributed by atoms with Gasteiger partial charge in [-0.15, -0.1) is 0 Å². The minimum absolute atomic E-state index is 0.0160. The summed E-state index contributed by atoms with van der Waals surface area (Å²) in [6, 6.07) is 17.3. The Labute approximate surface area is 278 Å².